The molecule has 1 amide bonds. The number of benzene rings is 2. The molecule has 3 aromatic rings. The predicted octanol–water partition coefficient (Wildman–Crippen LogP) is 4.74. The van der Waals surface area contributed by atoms with Crippen LogP contribution in [0.5, 0.6) is 5.75 Å². The van der Waals surface area contributed by atoms with Crippen molar-refractivity contribution in [2.75, 3.05) is 0 Å². The highest BCUT2D eigenvalue weighted by Crippen LogP contribution is 2.20. The molecule has 1 heterocycles. The summed E-state index contributed by atoms with van der Waals surface area (Å²) in [5.74, 6) is 0.181. The quantitative estimate of drug-likeness (QED) is 0.503. The number of thiophene rings is 1. The van der Waals surface area contributed by atoms with Gasteiger partial charge in [0.15, 0.2) is 0 Å². The molecular formula is C19H15ClN2O2S. The molecule has 0 saturated heterocycles. The van der Waals surface area contributed by atoms with Crippen LogP contribution in [0.1, 0.15) is 20.8 Å². The zero-order valence-corrected chi connectivity index (χ0v) is 14.8. The summed E-state index contributed by atoms with van der Waals surface area (Å²) in [6.07, 6.45) is 1.61. The molecule has 0 unspecified atom stereocenters. The van der Waals surface area contributed by atoms with Gasteiger partial charge in [0.1, 0.15) is 12.4 Å². The molecule has 126 valence electrons. The molecule has 3 rings (SSSR count). The first-order chi connectivity index (χ1) is 12.2. The van der Waals surface area contributed by atoms with Crippen LogP contribution in [0.3, 0.4) is 0 Å². The summed E-state index contributed by atoms with van der Waals surface area (Å²) in [5.41, 5.74) is 3.92. The van der Waals surface area contributed by atoms with Gasteiger partial charge in [0.05, 0.1) is 11.8 Å². The topological polar surface area (TPSA) is 50.7 Å². The Morgan fingerprint density at radius 1 is 1.12 bits per heavy atom. The van der Waals surface area contributed by atoms with Crippen molar-refractivity contribution in [3.8, 4) is 5.75 Å². The lowest BCUT2D eigenvalue weighted by atomic mass is 10.2. The fourth-order valence-corrected chi connectivity index (χ4v) is 2.81. The summed E-state index contributed by atoms with van der Waals surface area (Å²) in [5, 5.41) is 6.60. The third kappa shape index (κ3) is 4.92. The van der Waals surface area contributed by atoms with Crippen LogP contribution in [0.15, 0.2) is 71.1 Å². The number of hydrazone groups is 1. The summed E-state index contributed by atoms with van der Waals surface area (Å²) in [7, 11) is 0. The van der Waals surface area contributed by atoms with E-state index in [-0.39, 0.29) is 5.91 Å². The number of carbonyl (C=O) groups excluding carboxylic acids is 1. The number of hydrogen-bond acceptors (Lipinski definition) is 4. The van der Waals surface area contributed by atoms with E-state index in [1.807, 2.05) is 35.7 Å². The van der Waals surface area contributed by atoms with E-state index in [0.717, 1.165) is 10.4 Å². The number of halogens is 1. The summed E-state index contributed by atoms with van der Waals surface area (Å²) in [4.78, 5) is 13.3. The molecule has 0 bridgehead atoms. The van der Waals surface area contributed by atoms with Crippen LogP contribution in [0.4, 0.5) is 0 Å². The number of nitrogens with zero attached hydrogens (tertiary/aromatic N) is 1. The maximum atomic E-state index is 12.3. The van der Waals surface area contributed by atoms with Gasteiger partial charge in [-0.2, -0.15) is 5.10 Å². The van der Waals surface area contributed by atoms with E-state index in [9.17, 15) is 4.79 Å². The van der Waals surface area contributed by atoms with Crippen molar-refractivity contribution < 1.29 is 9.53 Å². The number of hydrogen-bond donors (Lipinski definition) is 1. The van der Waals surface area contributed by atoms with Gasteiger partial charge in [-0.05, 0) is 41.3 Å². The first-order valence-electron chi connectivity index (χ1n) is 7.55. The molecular weight excluding hydrogens is 356 g/mol. The minimum atomic E-state index is -0.320. The minimum absolute atomic E-state index is 0.320. The number of rotatable bonds is 6. The Kier molecular flexibility index (Phi) is 5.82. The highest BCUT2D eigenvalue weighted by atomic mass is 35.5. The SMILES string of the molecule is O=C(N/N=C\c1cccs1)c1ccccc1OCc1ccc(Cl)cc1. The lowest BCUT2D eigenvalue weighted by Crippen LogP contribution is -2.18. The highest BCUT2D eigenvalue weighted by molar-refractivity contribution is 7.11. The second kappa shape index (κ2) is 8.46. The fourth-order valence-electron chi connectivity index (χ4n) is 2.10. The Bertz CT molecular complexity index is 861. The van der Waals surface area contributed by atoms with Gasteiger partial charge in [-0.1, -0.05) is 41.9 Å². The van der Waals surface area contributed by atoms with Gasteiger partial charge >= 0.3 is 0 Å². The summed E-state index contributed by atoms with van der Waals surface area (Å²) < 4.78 is 5.78. The third-order valence-electron chi connectivity index (χ3n) is 3.34. The van der Waals surface area contributed by atoms with Gasteiger partial charge in [0.25, 0.3) is 5.91 Å². The Morgan fingerprint density at radius 2 is 1.92 bits per heavy atom. The number of nitrogens with one attached hydrogen (secondary N) is 1. The van der Waals surface area contributed by atoms with Crippen molar-refractivity contribution >= 4 is 35.1 Å². The van der Waals surface area contributed by atoms with Crippen molar-refractivity contribution in [1.82, 2.24) is 5.43 Å². The van der Waals surface area contributed by atoms with Gasteiger partial charge in [-0.25, -0.2) is 5.43 Å². The number of para-hydroxylation sites is 1. The van der Waals surface area contributed by atoms with E-state index in [1.54, 1.807) is 47.9 Å². The maximum absolute atomic E-state index is 12.3. The van der Waals surface area contributed by atoms with Crippen molar-refractivity contribution in [2.24, 2.45) is 5.10 Å². The van der Waals surface area contributed by atoms with Crippen molar-refractivity contribution in [3.05, 3.63) is 87.1 Å². The normalized spacial score (nSPS) is 10.8. The van der Waals surface area contributed by atoms with E-state index in [4.69, 9.17) is 16.3 Å². The molecule has 0 aliphatic carbocycles. The standard InChI is InChI=1S/C19H15ClN2O2S/c20-15-9-7-14(8-10-15)13-24-18-6-2-1-5-17(18)19(23)22-21-12-16-4-3-11-25-16/h1-12H,13H2,(H,22,23)/b21-12-. The number of ether oxygens (including phenoxy) is 1. The molecule has 0 aliphatic rings. The Morgan fingerprint density at radius 3 is 2.68 bits per heavy atom. The lowest BCUT2D eigenvalue weighted by Gasteiger charge is -2.10. The molecule has 0 atom stereocenters. The molecule has 6 heteroatoms. The smallest absolute Gasteiger partial charge is 0.275 e. The first-order valence-corrected chi connectivity index (χ1v) is 8.81. The molecule has 1 aromatic heterocycles. The van der Waals surface area contributed by atoms with Crippen LogP contribution >= 0.6 is 22.9 Å². The maximum Gasteiger partial charge on any atom is 0.275 e. The second-order valence-corrected chi connectivity index (χ2v) is 6.54. The molecule has 1 N–H and O–H groups in total. The van der Waals surface area contributed by atoms with Gasteiger partial charge in [0, 0.05) is 9.90 Å². The molecule has 2 aromatic carbocycles. The average Bonchev–Trinajstić information content (AvgIpc) is 3.15. The largest absolute Gasteiger partial charge is 0.488 e. The zero-order valence-electron chi connectivity index (χ0n) is 13.2. The molecule has 0 spiro atoms. The molecule has 4 nitrogen and oxygen atoms in total. The van der Waals surface area contributed by atoms with Gasteiger partial charge in [-0.3, -0.25) is 4.79 Å². The second-order valence-electron chi connectivity index (χ2n) is 5.13. The number of carbonyl (C=O) groups is 1. The van der Waals surface area contributed by atoms with Crippen molar-refractivity contribution in [2.45, 2.75) is 6.61 Å². The van der Waals surface area contributed by atoms with E-state index in [2.05, 4.69) is 10.5 Å². The van der Waals surface area contributed by atoms with Crippen LogP contribution in [0, 0.1) is 0 Å². The van der Waals surface area contributed by atoms with Crippen molar-refractivity contribution in [1.29, 1.82) is 0 Å². The van der Waals surface area contributed by atoms with Gasteiger partial charge < -0.3 is 4.74 Å². The molecule has 0 aliphatic heterocycles. The average molecular weight is 371 g/mol. The van der Waals surface area contributed by atoms with Crippen LogP contribution in [0.25, 0.3) is 0 Å². The van der Waals surface area contributed by atoms with Gasteiger partial charge in [0.2, 0.25) is 0 Å². The van der Waals surface area contributed by atoms with Crippen molar-refractivity contribution in [3.63, 3.8) is 0 Å². The minimum Gasteiger partial charge on any atom is -0.488 e. The predicted molar refractivity (Wildman–Crippen MR) is 102 cm³/mol. The Labute approximate surface area is 154 Å². The molecule has 0 radical (unpaired) electrons. The third-order valence-corrected chi connectivity index (χ3v) is 4.40. The lowest BCUT2D eigenvalue weighted by molar-refractivity contribution is 0.0950. The monoisotopic (exact) mass is 370 g/mol. The Balaban J connectivity index is 1.65. The van der Waals surface area contributed by atoms with Crippen LogP contribution < -0.4 is 10.2 Å². The summed E-state index contributed by atoms with van der Waals surface area (Å²) in [6.45, 7) is 0.347. The van der Waals surface area contributed by atoms with E-state index < -0.39 is 0 Å². The fraction of sp³-hybridized carbons (Fsp3) is 0.0526. The Hall–Kier alpha value is -2.63. The molecule has 0 saturated carbocycles. The van der Waals surface area contributed by atoms with E-state index >= 15 is 0 Å². The molecule has 25 heavy (non-hydrogen) atoms. The summed E-state index contributed by atoms with van der Waals surface area (Å²) in [6, 6.07) is 18.3. The first kappa shape index (κ1) is 17.2. The number of amides is 1. The van der Waals surface area contributed by atoms with E-state index in [0.29, 0.717) is 22.9 Å². The van der Waals surface area contributed by atoms with Crippen LogP contribution in [-0.4, -0.2) is 12.1 Å². The summed E-state index contributed by atoms with van der Waals surface area (Å²) >= 11 is 7.42. The zero-order chi connectivity index (χ0) is 17.5. The van der Waals surface area contributed by atoms with Crippen LogP contribution in [-0.2, 0) is 6.61 Å². The molecule has 0 fully saturated rings. The highest BCUT2D eigenvalue weighted by Gasteiger charge is 2.11. The van der Waals surface area contributed by atoms with Crippen LogP contribution in [0.2, 0.25) is 5.02 Å². The van der Waals surface area contributed by atoms with E-state index in [1.165, 1.54) is 0 Å². The van der Waals surface area contributed by atoms with Gasteiger partial charge in [-0.15, -0.1) is 11.3 Å².